The minimum Gasteiger partial charge on any atom is -0.379 e. The number of benzene rings is 2. The topological polar surface area (TPSA) is 29.8 Å². The highest BCUT2D eigenvalue weighted by molar-refractivity contribution is 7.07. The summed E-state index contributed by atoms with van der Waals surface area (Å²) in [5.74, 6) is 0. The fraction of sp³-hybridized carbons (Fsp3) is 0.444. The number of rotatable bonds is 6. The normalized spacial score (nSPS) is 15.9. The fourth-order valence-corrected chi connectivity index (χ4v) is 4.94. The van der Waals surface area contributed by atoms with Crippen LogP contribution in [0, 0.1) is 0 Å². The van der Waals surface area contributed by atoms with Crippen molar-refractivity contribution < 1.29 is 4.74 Å². The third-order valence-corrected chi connectivity index (χ3v) is 7.02. The number of ether oxygens (including phenoxy) is 1. The van der Waals surface area contributed by atoms with Gasteiger partial charge in [-0.3, -0.25) is 4.90 Å². The third-order valence-electron chi connectivity index (χ3n) is 6.16. The van der Waals surface area contributed by atoms with Gasteiger partial charge in [-0.05, 0) is 40.7 Å². The number of hydrogen-bond acceptors (Lipinski definition) is 4. The van der Waals surface area contributed by atoms with Crippen LogP contribution >= 0.6 is 11.3 Å². The van der Waals surface area contributed by atoms with E-state index in [0.29, 0.717) is 0 Å². The standard InChI is InChI=1S/C27H35N3OS/c1-5-21-6-12-24(13-7-21)28-26-30(15-14-29-16-18-31-19-17-29)25(20-32-26)22-8-10-23(11-9-22)27(2,3)4/h6-13,20H,5,14-19H2,1-4H3. The van der Waals surface area contributed by atoms with Gasteiger partial charge in [0.25, 0.3) is 0 Å². The summed E-state index contributed by atoms with van der Waals surface area (Å²) in [4.78, 5) is 8.56. The predicted molar refractivity (Wildman–Crippen MR) is 135 cm³/mol. The Kier molecular flexibility index (Phi) is 7.29. The van der Waals surface area contributed by atoms with Gasteiger partial charge in [0.1, 0.15) is 0 Å². The van der Waals surface area contributed by atoms with E-state index in [1.807, 2.05) is 0 Å². The molecule has 0 saturated carbocycles. The molecule has 3 aromatic rings. The molecule has 170 valence electrons. The Morgan fingerprint density at radius 1 is 0.938 bits per heavy atom. The highest BCUT2D eigenvalue weighted by atomic mass is 32.1. The zero-order valence-electron chi connectivity index (χ0n) is 19.8. The molecular weight excluding hydrogens is 414 g/mol. The molecular formula is C27H35N3OS. The largest absolute Gasteiger partial charge is 0.379 e. The first kappa shape index (κ1) is 23.0. The van der Waals surface area contributed by atoms with Crippen molar-refractivity contribution in [1.29, 1.82) is 0 Å². The maximum atomic E-state index is 5.53. The van der Waals surface area contributed by atoms with E-state index >= 15 is 0 Å². The van der Waals surface area contributed by atoms with Gasteiger partial charge in [-0.15, -0.1) is 11.3 Å². The summed E-state index contributed by atoms with van der Waals surface area (Å²) in [5, 5.41) is 2.25. The molecule has 1 fully saturated rings. The van der Waals surface area contributed by atoms with Gasteiger partial charge in [0.15, 0.2) is 4.80 Å². The van der Waals surface area contributed by atoms with Crippen LogP contribution in [0.2, 0.25) is 0 Å². The summed E-state index contributed by atoms with van der Waals surface area (Å²) < 4.78 is 7.91. The van der Waals surface area contributed by atoms with Crippen molar-refractivity contribution in [1.82, 2.24) is 9.47 Å². The number of hydrogen-bond donors (Lipinski definition) is 0. The van der Waals surface area contributed by atoms with Gasteiger partial charge in [0.2, 0.25) is 0 Å². The Bertz CT molecular complexity index is 1070. The molecule has 4 nitrogen and oxygen atoms in total. The third kappa shape index (κ3) is 5.58. The van der Waals surface area contributed by atoms with Crippen molar-refractivity contribution in [2.45, 2.75) is 46.1 Å². The zero-order chi connectivity index (χ0) is 22.6. The first-order valence-corrected chi connectivity index (χ1v) is 12.5. The second-order valence-electron chi connectivity index (χ2n) is 9.47. The highest BCUT2D eigenvalue weighted by Gasteiger charge is 2.16. The number of thiazole rings is 1. The van der Waals surface area contributed by atoms with E-state index in [1.165, 1.54) is 22.4 Å². The Morgan fingerprint density at radius 3 is 2.25 bits per heavy atom. The molecule has 2 heterocycles. The molecule has 0 radical (unpaired) electrons. The lowest BCUT2D eigenvalue weighted by molar-refractivity contribution is 0.0363. The summed E-state index contributed by atoms with van der Waals surface area (Å²) in [7, 11) is 0. The van der Waals surface area contributed by atoms with Gasteiger partial charge < -0.3 is 9.30 Å². The van der Waals surface area contributed by atoms with Crippen molar-refractivity contribution in [2.75, 3.05) is 32.8 Å². The van der Waals surface area contributed by atoms with E-state index in [-0.39, 0.29) is 5.41 Å². The second-order valence-corrected chi connectivity index (χ2v) is 10.3. The summed E-state index contributed by atoms with van der Waals surface area (Å²) >= 11 is 1.73. The lowest BCUT2D eigenvalue weighted by Gasteiger charge is -2.27. The number of nitrogens with zero attached hydrogens (tertiary/aromatic N) is 3. The molecule has 1 aliphatic rings. The molecule has 0 atom stereocenters. The quantitative estimate of drug-likeness (QED) is 0.487. The number of aromatic nitrogens is 1. The van der Waals surface area contributed by atoms with Crippen molar-refractivity contribution in [3.8, 4) is 11.3 Å². The van der Waals surface area contributed by atoms with Crippen LogP contribution in [0.3, 0.4) is 0 Å². The minimum atomic E-state index is 0.157. The first-order valence-electron chi connectivity index (χ1n) is 11.7. The molecule has 0 bridgehead atoms. The van der Waals surface area contributed by atoms with Gasteiger partial charge in [-0.25, -0.2) is 4.99 Å². The molecule has 32 heavy (non-hydrogen) atoms. The average molecular weight is 450 g/mol. The maximum Gasteiger partial charge on any atom is 0.190 e. The molecule has 5 heteroatoms. The van der Waals surface area contributed by atoms with Crippen LogP contribution in [0.1, 0.15) is 38.8 Å². The number of aryl methyl sites for hydroxylation is 1. The first-order chi connectivity index (χ1) is 15.4. The zero-order valence-corrected chi connectivity index (χ0v) is 20.6. The van der Waals surface area contributed by atoms with Gasteiger partial charge in [-0.2, -0.15) is 0 Å². The van der Waals surface area contributed by atoms with Crippen LogP contribution in [-0.4, -0.2) is 42.3 Å². The van der Waals surface area contributed by atoms with Crippen LogP contribution in [0.4, 0.5) is 5.69 Å². The highest BCUT2D eigenvalue weighted by Crippen LogP contribution is 2.27. The summed E-state index contributed by atoms with van der Waals surface area (Å²) in [6.45, 7) is 14.6. The summed E-state index contributed by atoms with van der Waals surface area (Å²) in [6.07, 6.45) is 1.05. The molecule has 0 aliphatic carbocycles. The number of morpholine rings is 1. The lowest BCUT2D eigenvalue weighted by atomic mass is 9.86. The lowest BCUT2D eigenvalue weighted by Crippen LogP contribution is -2.39. The molecule has 1 aromatic heterocycles. The van der Waals surface area contributed by atoms with Crippen LogP contribution < -0.4 is 4.80 Å². The molecule has 1 saturated heterocycles. The van der Waals surface area contributed by atoms with E-state index < -0.39 is 0 Å². The van der Waals surface area contributed by atoms with Crippen LogP contribution in [0.15, 0.2) is 58.9 Å². The van der Waals surface area contributed by atoms with Crippen molar-refractivity contribution >= 4 is 17.0 Å². The average Bonchev–Trinajstić information content (AvgIpc) is 3.20. The van der Waals surface area contributed by atoms with E-state index in [1.54, 1.807) is 11.3 Å². The SMILES string of the molecule is CCc1ccc(N=c2scc(-c3ccc(C(C)(C)C)cc3)n2CCN2CCOCC2)cc1. The van der Waals surface area contributed by atoms with Gasteiger partial charge in [0, 0.05) is 31.6 Å². The molecule has 0 amide bonds. The van der Waals surface area contributed by atoms with Crippen LogP contribution in [-0.2, 0) is 23.1 Å². The molecule has 2 aromatic carbocycles. The summed E-state index contributed by atoms with van der Waals surface area (Å²) in [6, 6.07) is 17.7. The molecule has 0 N–H and O–H groups in total. The molecule has 4 rings (SSSR count). The Morgan fingerprint density at radius 2 is 1.62 bits per heavy atom. The van der Waals surface area contributed by atoms with E-state index in [2.05, 4.69) is 91.1 Å². The van der Waals surface area contributed by atoms with Crippen molar-refractivity contribution in [3.63, 3.8) is 0 Å². The Balaban J connectivity index is 1.68. The van der Waals surface area contributed by atoms with Gasteiger partial charge in [0.05, 0.1) is 24.6 Å². The fourth-order valence-electron chi connectivity index (χ4n) is 3.99. The van der Waals surface area contributed by atoms with Crippen molar-refractivity contribution in [2.24, 2.45) is 4.99 Å². The van der Waals surface area contributed by atoms with Gasteiger partial charge in [-0.1, -0.05) is 64.1 Å². The van der Waals surface area contributed by atoms with E-state index in [9.17, 15) is 0 Å². The van der Waals surface area contributed by atoms with E-state index in [0.717, 1.165) is 56.3 Å². The smallest absolute Gasteiger partial charge is 0.190 e. The molecule has 1 aliphatic heterocycles. The van der Waals surface area contributed by atoms with E-state index in [4.69, 9.17) is 9.73 Å². The maximum absolute atomic E-state index is 5.53. The predicted octanol–water partition coefficient (Wildman–Crippen LogP) is 5.64. The second kappa shape index (κ2) is 10.2. The Hall–Kier alpha value is -2.21. The minimum absolute atomic E-state index is 0.157. The monoisotopic (exact) mass is 449 g/mol. The Labute approximate surface area is 196 Å². The van der Waals surface area contributed by atoms with Crippen LogP contribution in [0.5, 0.6) is 0 Å². The molecule has 0 unspecified atom stereocenters. The summed E-state index contributed by atoms with van der Waals surface area (Å²) in [5.41, 5.74) is 6.36. The molecule has 0 spiro atoms. The van der Waals surface area contributed by atoms with Gasteiger partial charge >= 0.3 is 0 Å². The van der Waals surface area contributed by atoms with Crippen LogP contribution in [0.25, 0.3) is 11.3 Å². The van der Waals surface area contributed by atoms with Crippen molar-refractivity contribution in [3.05, 3.63) is 69.8 Å².